The number of benzene rings is 1. The molecule has 0 unspecified atom stereocenters. The molecule has 0 spiro atoms. The molecule has 1 aromatic carbocycles. The van der Waals surface area contributed by atoms with Gasteiger partial charge in [0.15, 0.2) is 17.0 Å². The van der Waals surface area contributed by atoms with E-state index < -0.39 is 6.10 Å². The minimum atomic E-state index is -0.769. The first-order valence-corrected chi connectivity index (χ1v) is 8.75. The Hall–Kier alpha value is -2.78. The molecule has 9 heteroatoms. The van der Waals surface area contributed by atoms with E-state index in [2.05, 4.69) is 19.9 Å². The number of fused-ring (bicyclic) bond motifs is 1. The quantitative estimate of drug-likeness (QED) is 0.696. The lowest BCUT2D eigenvalue weighted by Gasteiger charge is -2.27. The van der Waals surface area contributed by atoms with E-state index in [0.717, 1.165) is 18.9 Å². The number of nitrogens with zero attached hydrogens (tertiary/aromatic N) is 5. The van der Waals surface area contributed by atoms with Crippen LogP contribution in [0.5, 0.6) is 5.75 Å². The normalized spacial score (nSPS) is 15.9. The van der Waals surface area contributed by atoms with Gasteiger partial charge in [-0.05, 0) is 24.3 Å². The van der Waals surface area contributed by atoms with E-state index in [1.165, 1.54) is 30.6 Å². The molecule has 3 heterocycles. The molecule has 0 saturated carbocycles. The highest BCUT2D eigenvalue weighted by Crippen LogP contribution is 2.22. The molecular weight excluding hydrogens is 353 g/mol. The van der Waals surface area contributed by atoms with Crippen LogP contribution in [0.25, 0.3) is 11.2 Å². The Morgan fingerprint density at radius 3 is 2.70 bits per heavy atom. The van der Waals surface area contributed by atoms with Crippen molar-refractivity contribution in [2.24, 2.45) is 0 Å². The minimum Gasteiger partial charge on any atom is -0.491 e. The number of rotatable bonds is 6. The third-order valence-corrected chi connectivity index (χ3v) is 4.36. The second-order valence-corrected chi connectivity index (χ2v) is 6.28. The number of morpholine rings is 1. The zero-order valence-electron chi connectivity index (χ0n) is 14.7. The Morgan fingerprint density at radius 2 is 1.93 bits per heavy atom. The topological polar surface area (TPSA) is 85.5 Å². The summed E-state index contributed by atoms with van der Waals surface area (Å²) in [5, 5.41) is 10.3. The number of hydrogen-bond acceptors (Lipinski definition) is 7. The maximum absolute atomic E-state index is 12.9. The molecule has 1 fully saturated rings. The predicted molar refractivity (Wildman–Crippen MR) is 96.3 cm³/mol. The summed E-state index contributed by atoms with van der Waals surface area (Å²) in [5.41, 5.74) is 1.36. The van der Waals surface area contributed by atoms with E-state index in [4.69, 9.17) is 9.47 Å². The first kappa shape index (κ1) is 17.6. The molecule has 1 N–H and O–H groups in total. The van der Waals surface area contributed by atoms with Gasteiger partial charge in [-0.3, -0.25) is 0 Å². The van der Waals surface area contributed by atoms with Gasteiger partial charge >= 0.3 is 0 Å². The molecule has 1 aliphatic rings. The SMILES string of the molecule is O[C@@H](COc1ccc(F)cc1)Cn1cnc2c(N3CCOCC3)ncnc21. The van der Waals surface area contributed by atoms with Crippen molar-refractivity contribution >= 4 is 17.0 Å². The molecule has 4 rings (SSSR count). The van der Waals surface area contributed by atoms with E-state index in [9.17, 15) is 9.50 Å². The zero-order chi connectivity index (χ0) is 18.6. The van der Waals surface area contributed by atoms with Crippen molar-refractivity contribution in [3.05, 3.63) is 42.7 Å². The number of hydrogen-bond donors (Lipinski definition) is 1. The number of anilines is 1. The molecule has 142 valence electrons. The molecule has 2 aromatic heterocycles. The van der Waals surface area contributed by atoms with Crippen molar-refractivity contribution in [3.63, 3.8) is 0 Å². The van der Waals surface area contributed by atoms with Crippen LogP contribution in [0, 0.1) is 5.82 Å². The molecule has 0 aliphatic carbocycles. The number of imidazole rings is 1. The molecule has 0 amide bonds. The number of aliphatic hydroxyl groups is 1. The van der Waals surface area contributed by atoms with Crippen LogP contribution in [0.1, 0.15) is 0 Å². The van der Waals surface area contributed by atoms with E-state index >= 15 is 0 Å². The first-order valence-electron chi connectivity index (χ1n) is 8.75. The van der Waals surface area contributed by atoms with Gasteiger partial charge in [-0.1, -0.05) is 0 Å². The third-order valence-electron chi connectivity index (χ3n) is 4.36. The average Bonchev–Trinajstić information content (AvgIpc) is 3.11. The number of aliphatic hydroxyl groups excluding tert-OH is 1. The van der Waals surface area contributed by atoms with Gasteiger partial charge in [0.05, 0.1) is 26.1 Å². The second-order valence-electron chi connectivity index (χ2n) is 6.28. The standard InChI is InChI=1S/C18H20FN5O3/c19-13-1-3-15(4-2-13)27-10-14(25)9-24-12-22-16-17(20-11-21-18(16)24)23-5-7-26-8-6-23/h1-4,11-12,14,25H,5-10H2/t14-/m1/s1. The Balaban J connectivity index is 1.44. The summed E-state index contributed by atoms with van der Waals surface area (Å²) in [7, 11) is 0. The van der Waals surface area contributed by atoms with E-state index in [1.54, 1.807) is 10.9 Å². The summed E-state index contributed by atoms with van der Waals surface area (Å²) in [4.78, 5) is 15.2. The van der Waals surface area contributed by atoms with Gasteiger partial charge < -0.3 is 24.0 Å². The average molecular weight is 373 g/mol. The maximum Gasteiger partial charge on any atom is 0.165 e. The zero-order valence-corrected chi connectivity index (χ0v) is 14.7. The number of aromatic nitrogens is 4. The van der Waals surface area contributed by atoms with Crippen molar-refractivity contribution in [1.82, 2.24) is 19.5 Å². The van der Waals surface area contributed by atoms with E-state index in [1.807, 2.05) is 0 Å². The monoisotopic (exact) mass is 373 g/mol. The molecule has 1 aliphatic heterocycles. The molecule has 8 nitrogen and oxygen atoms in total. The Labute approximate surface area is 155 Å². The molecule has 27 heavy (non-hydrogen) atoms. The van der Waals surface area contributed by atoms with Crippen LogP contribution in [0.2, 0.25) is 0 Å². The smallest absolute Gasteiger partial charge is 0.165 e. The summed E-state index contributed by atoms with van der Waals surface area (Å²) in [6.45, 7) is 3.18. The summed E-state index contributed by atoms with van der Waals surface area (Å²) in [6.07, 6.45) is 2.38. The highest BCUT2D eigenvalue weighted by Gasteiger charge is 2.19. The Kier molecular flexibility index (Phi) is 5.12. The fourth-order valence-electron chi connectivity index (χ4n) is 3.01. The van der Waals surface area contributed by atoms with Crippen LogP contribution in [0.3, 0.4) is 0 Å². The van der Waals surface area contributed by atoms with Crippen molar-refractivity contribution in [2.75, 3.05) is 37.8 Å². The lowest BCUT2D eigenvalue weighted by Crippen LogP contribution is -2.37. The largest absolute Gasteiger partial charge is 0.491 e. The van der Waals surface area contributed by atoms with Gasteiger partial charge in [0.2, 0.25) is 0 Å². The fourth-order valence-corrected chi connectivity index (χ4v) is 3.01. The number of halogens is 1. The van der Waals surface area contributed by atoms with Crippen molar-refractivity contribution < 1.29 is 19.0 Å². The molecule has 1 atom stereocenters. The van der Waals surface area contributed by atoms with Crippen LogP contribution in [-0.2, 0) is 11.3 Å². The van der Waals surface area contributed by atoms with Gasteiger partial charge in [0.25, 0.3) is 0 Å². The Bertz CT molecular complexity index is 896. The van der Waals surface area contributed by atoms with E-state index in [0.29, 0.717) is 30.1 Å². The second kappa shape index (κ2) is 7.85. The van der Waals surface area contributed by atoms with Gasteiger partial charge in [-0.2, -0.15) is 0 Å². The van der Waals surface area contributed by atoms with Crippen molar-refractivity contribution in [3.8, 4) is 5.75 Å². The van der Waals surface area contributed by atoms with Crippen molar-refractivity contribution in [1.29, 1.82) is 0 Å². The molecule has 3 aromatic rings. The molecular formula is C18H20FN5O3. The summed E-state index contributed by atoms with van der Waals surface area (Å²) >= 11 is 0. The highest BCUT2D eigenvalue weighted by atomic mass is 19.1. The maximum atomic E-state index is 12.9. The van der Waals surface area contributed by atoms with Crippen LogP contribution in [0.15, 0.2) is 36.9 Å². The summed E-state index contributed by atoms with van der Waals surface area (Å²) < 4.78 is 25.6. The molecule has 0 bridgehead atoms. The van der Waals surface area contributed by atoms with Crippen LogP contribution in [0.4, 0.5) is 10.2 Å². The predicted octanol–water partition coefficient (Wildman–Crippen LogP) is 1.24. The first-order chi connectivity index (χ1) is 13.2. The van der Waals surface area contributed by atoms with Crippen LogP contribution >= 0.6 is 0 Å². The molecule has 0 radical (unpaired) electrons. The van der Waals surface area contributed by atoms with Gasteiger partial charge in [-0.15, -0.1) is 0 Å². The third kappa shape index (κ3) is 3.99. The van der Waals surface area contributed by atoms with E-state index in [-0.39, 0.29) is 19.0 Å². The summed E-state index contributed by atoms with van der Waals surface area (Å²) in [5.74, 6) is 0.950. The van der Waals surface area contributed by atoms with Gasteiger partial charge in [0.1, 0.15) is 30.6 Å². The van der Waals surface area contributed by atoms with Gasteiger partial charge in [0, 0.05) is 13.1 Å². The molecule has 1 saturated heterocycles. The lowest BCUT2D eigenvalue weighted by molar-refractivity contribution is 0.0932. The fraction of sp³-hybridized carbons (Fsp3) is 0.389. The number of ether oxygens (including phenoxy) is 2. The highest BCUT2D eigenvalue weighted by molar-refractivity contribution is 5.83. The Morgan fingerprint density at radius 1 is 1.15 bits per heavy atom. The lowest BCUT2D eigenvalue weighted by atomic mass is 10.3. The minimum absolute atomic E-state index is 0.0761. The van der Waals surface area contributed by atoms with Crippen LogP contribution in [-0.4, -0.2) is 63.6 Å². The van der Waals surface area contributed by atoms with Crippen LogP contribution < -0.4 is 9.64 Å². The van der Waals surface area contributed by atoms with Crippen molar-refractivity contribution in [2.45, 2.75) is 12.6 Å². The van der Waals surface area contributed by atoms with Gasteiger partial charge in [-0.25, -0.2) is 19.3 Å². The summed E-state index contributed by atoms with van der Waals surface area (Å²) in [6, 6.07) is 5.68.